The van der Waals surface area contributed by atoms with E-state index in [1.54, 1.807) is 0 Å². The second kappa shape index (κ2) is 11.5. The third kappa shape index (κ3) is 5.91. The average molecular weight is 592 g/mol. The Morgan fingerprint density at radius 1 is 0.932 bits per heavy atom. The number of amides is 2. The van der Waals surface area contributed by atoms with Crippen molar-refractivity contribution in [3.63, 3.8) is 0 Å². The normalized spacial score (nSPS) is 25.8. The largest absolute Gasteiger partial charge is 0.351 e. The maximum absolute atomic E-state index is 14.2. The number of nitrogens with one attached hydrogen (secondary N) is 4. The van der Waals surface area contributed by atoms with Gasteiger partial charge in [-0.25, -0.2) is 5.43 Å². The van der Waals surface area contributed by atoms with Gasteiger partial charge in [0.2, 0.25) is 11.8 Å². The first kappa shape index (κ1) is 30.1. The summed E-state index contributed by atoms with van der Waals surface area (Å²) in [5.41, 5.74) is 8.10. The number of nitrogens with zero attached hydrogens (tertiary/aromatic N) is 1. The summed E-state index contributed by atoms with van der Waals surface area (Å²) in [6.07, 6.45) is 15.2. The number of carbonyl (C=O) groups excluding carboxylic acids is 2. The summed E-state index contributed by atoms with van der Waals surface area (Å²) < 4.78 is 0. The fourth-order valence-electron chi connectivity index (χ4n) is 7.93. The highest BCUT2D eigenvalue weighted by Crippen LogP contribution is 2.51. The number of hydrogen-bond donors (Lipinski definition) is 4. The van der Waals surface area contributed by atoms with Crippen LogP contribution < -0.4 is 21.4 Å². The monoisotopic (exact) mass is 591 g/mol. The minimum atomic E-state index is -0.728. The Bertz CT molecular complexity index is 1520. The van der Waals surface area contributed by atoms with Gasteiger partial charge >= 0.3 is 0 Å². The van der Waals surface area contributed by atoms with Crippen molar-refractivity contribution in [1.29, 1.82) is 0 Å². The lowest BCUT2D eigenvalue weighted by molar-refractivity contribution is -0.131. The summed E-state index contributed by atoms with van der Waals surface area (Å²) in [5, 5.41) is 12.2. The zero-order valence-electron chi connectivity index (χ0n) is 26.5. The maximum atomic E-state index is 14.2. The lowest BCUT2D eigenvalue weighted by Gasteiger charge is -2.46. The Morgan fingerprint density at radius 2 is 1.61 bits per heavy atom. The molecule has 2 aliphatic heterocycles. The zero-order chi connectivity index (χ0) is 31.1. The summed E-state index contributed by atoms with van der Waals surface area (Å²) in [5.74, 6) is -0.324. The zero-order valence-corrected chi connectivity index (χ0v) is 26.5. The molecule has 0 radical (unpaired) electrons. The molecule has 4 N–H and O–H groups in total. The molecule has 2 amide bonds. The molecule has 1 spiro atoms. The predicted octanol–water partition coefficient (Wildman–Crippen LogP) is 4.95. The number of piperidine rings is 1. The molecule has 4 aliphatic rings. The fraction of sp³-hybridized carbons (Fsp3) is 0.405. The summed E-state index contributed by atoms with van der Waals surface area (Å²) in [6.45, 7) is 8.70. The lowest BCUT2D eigenvalue weighted by atomic mass is 9.66. The van der Waals surface area contributed by atoms with Crippen LogP contribution in [0.4, 0.5) is 0 Å². The van der Waals surface area contributed by atoms with E-state index >= 15 is 0 Å². The van der Waals surface area contributed by atoms with Crippen LogP contribution in [0.2, 0.25) is 0 Å². The molecule has 0 bridgehead atoms. The third-order valence-corrected chi connectivity index (χ3v) is 9.46. The van der Waals surface area contributed by atoms with Gasteiger partial charge in [0.05, 0.1) is 5.41 Å². The molecular weight excluding hydrogens is 546 g/mol. The van der Waals surface area contributed by atoms with E-state index in [9.17, 15) is 9.59 Å². The van der Waals surface area contributed by atoms with E-state index in [0.29, 0.717) is 12.8 Å². The molecule has 3 atom stereocenters. The molecule has 0 saturated carbocycles. The Hall–Kier alpha value is -3.94. The van der Waals surface area contributed by atoms with Crippen molar-refractivity contribution in [2.75, 3.05) is 7.05 Å². The van der Waals surface area contributed by atoms with E-state index in [4.69, 9.17) is 0 Å². The number of hydrogen-bond acceptors (Lipinski definition) is 5. The molecule has 230 valence electrons. The number of benzene rings is 2. The first-order chi connectivity index (χ1) is 21.0. The molecule has 2 aromatic rings. The van der Waals surface area contributed by atoms with Crippen molar-refractivity contribution in [1.82, 2.24) is 26.4 Å². The van der Waals surface area contributed by atoms with Crippen molar-refractivity contribution in [2.45, 2.75) is 82.6 Å². The number of hydrazine groups is 1. The first-order valence-electron chi connectivity index (χ1n) is 15.8. The molecule has 7 heteroatoms. The van der Waals surface area contributed by atoms with Crippen LogP contribution in [0.3, 0.4) is 0 Å². The van der Waals surface area contributed by atoms with Gasteiger partial charge in [-0.1, -0.05) is 85.0 Å². The first-order valence-corrected chi connectivity index (χ1v) is 15.8. The Kier molecular flexibility index (Phi) is 7.89. The molecule has 0 aromatic heterocycles. The van der Waals surface area contributed by atoms with Crippen LogP contribution >= 0.6 is 0 Å². The van der Waals surface area contributed by atoms with Gasteiger partial charge in [-0.15, -0.1) is 0 Å². The van der Waals surface area contributed by atoms with Gasteiger partial charge in [-0.05, 0) is 75.3 Å². The van der Waals surface area contributed by atoms with Crippen LogP contribution in [-0.4, -0.2) is 53.1 Å². The molecule has 44 heavy (non-hydrogen) atoms. The average Bonchev–Trinajstić information content (AvgIpc) is 3.27. The van der Waals surface area contributed by atoms with Gasteiger partial charge in [-0.2, -0.15) is 0 Å². The van der Waals surface area contributed by atoms with Crippen LogP contribution in [0.15, 0.2) is 102 Å². The highest BCUT2D eigenvalue weighted by molar-refractivity contribution is 5.92. The number of rotatable bonds is 7. The van der Waals surface area contributed by atoms with Crippen LogP contribution in [0, 0.1) is 5.41 Å². The minimum Gasteiger partial charge on any atom is -0.351 e. The Balaban J connectivity index is 1.26. The van der Waals surface area contributed by atoms with Crippen LogP contribution in [0.5, 0.6) is 0 Å². The van der Waals surface area contributed by atoms with Crippen LogP contribution in [0.25, 0.3) is 11.1 Å². The van der Waals surface area contributed by atoms with Gasteiger partial charge in [0.15, 0.2) is 0 Å². The van der Waals surface area contributed by atoms with Crippen molar-refractivity contribution in [2.24, 2.45) is 5.41 Å². The van der Waals surface area contributed by atoms with Crippen molar-refractivity contribution in [3.05, 3.63) is 108 Å². The van der Waals surface area contributed by atoms with Gasteiger partial charge in [0.25, 0.3) is 0 Å². The molecule has 2 saturated heterocycles. The van der Waals surface area contributed by atoms with E-state index in [0.717, 1.165) is 40.8 Å². The fourth-order valence-corrected chi connectivity index (χ4v) is 7.93. The SMILES string of the molecule is CN1NC(C(=O)NC(Cc2ccc(-c3ccccc3)cc2)C(=O)NC2CC(C)(C)NC(C)(C)C2)C23CC=CC=C2C=CC=C13. The summed E-state index contributed by atoms with van der Waals surface area (Å²) in [6, 6.07) is 17.3. The molecular formula is C37H45N5O2. The quantitative estimate of drug-likeness (QED) is 0.366. The molecule has 2 aromatic carbocycles. The maximum Gasteiger partial charge on any atom is 0.243 e. The van der Waals surface area contributed by atoms with Gasteiger partial charge in [-0.3, -0.25) is 9.59 Å². The summed E-state index contributed by atoms with van der Waals surface area (Å²) in [7, 11) is 1.95. The van der Waals surface area contributed by atoms with Gasteiger partial charge in [0.1, 0.15) is 12.1 Å². The van der Waals surface area contributed by atoms with E-state index in [2.05, 4.69) is 116 Å². The van der Waals surface area contributed by atoms with Gasteiger partial charge in [0, 0.05) is 36.3 Å². The topological polar surface area (TPSA) is 85.5 Å². The van der Waals surface area contributed by atoms with E-state index in [1.165, 1.54) is 0 Å². The Labute approximate surface area is 261 Å². The summed E-state index contributed by atoms with van der Waals surface area (Å²) >= 11 is 0. The molecule has 2 aliphatic carbocycles. The number of allylic oxidation sites excluding steroid dienone is 6. The Morgan fingerprint density at radius 3 is 2.32 bits per heavy atom. The summed E-state index contributed by atoms with van der Waals surface area (Å²) in [4.78, 5) is 28.3. The minimum absolute atomic E-state index is 0.000948. The highest BCUT2D eigenvalue weighted by atomic mass is 16.2. The molecule has 2 heterocycles. The van der Waals surface area contributed by atoms with Crippen molar-refractivity contribution < 1.29 is 9.59 Å². The lowest BCUT2D eigenvalue weighted by Crippen LogP contribution is -2.64. The van der Waals surface area contributed by atoms with Gasteiger partial charge < -0.3 is 21.0 Å². The van der Waals surface area contributed by atoms with Crippen LogP contribution in [-0.2, 0) is 16.0 Å². The van der Waals surface area contributed by atoms with E-state index in [1.807, 2.05) is 36.3 Å². The van der Waals surface area contributed by atoms with E-state index < -0.39 is 17.5 Å². The molecule has 2 fully saturated rings. The van der Waals surface area contributed by atoms with Crippen molar-refractivity contribution >= 4 is 11.8 Å². The molecule has 7 nitrogen and oxygen atoms in total. The van der Waals surface area contributed by atoms with Crippen molar-refractivity contribution in [3.8, 4) is 11.1 Å². The second-order valence-electron chi connectivity index (χ2n) is 14.1. The second-order valence-corrected chi connectivity index (χ2v) is 14.1. The molecule has 6 rings (SSSR count). The highest BCUT2D eigenvalue weighted by Gasteiger charge is 2.55. The molecule has 3 unspecified atom stereocenters. The van der Waals surface area contributed by atoms with E-state index in [-0.39, 0.29) is 28.9 Å². The standard InChI is InChI=1S/C37H45N5O2/c1-35(2)23-29(24-36(3,4)41-35)38-33(43)30(22-25-17-19-27(20-18-25)26-12-7-6-8-13-26)39-34(44)32-37-21-10-9-14-28(37)15-11-16-31(37)42(5)40-32/h6-20,29-30,32,40-41H,21-24H2,1-5H3,(H,38,43)(H,39,44). The predicted molar refractivity (Wildman–Crippen MR) is 176 cm³/mol. The van der Waals surface area contributed by atoms with Crippen LogP contribution in [0.1, 0.15) is 52.5 Å². The smallest absolute Gasteiger partial charge is 0.243 e. The third-order valence-electron chi connectivity index (χ3n) is 9.46. The number of carbonyl (C=O) groups is 2.